The van der Waals surface area contributed by atoms with Crippen LogP contribution in [0.1, 0.15) is 18.4 Å². The van der Waals surface area contributed by atoms with E-state index in [1.807, 2.05) is 12.1 Å². The molecule has 94 valence electrons. The van der Waals surface area contributed by atoms with Gasteiger partial charge in [-0.3, -0.25) is 0 Å². The fourth-order valence-corrected chi connectivity index (χ4v) is 5.86. The first-order valence-corrected chi connectivity index (χ1v) is 10.3. The first kappa shape index (κ1) is 13.1. The number of hydrogen-bond acceptors (Lipinski definition) is 1. The number of rotatable bonds is 4. The van der Waals surface area contributed by atoms with Crippen LogP contribution in [0.25, 0.3) is 0 Å². The van der Waals surface area contributed by atoms with E-state index in [9.17, 15) is 0 Å². The standard InChI is InChI=1S/C14H22ClNSi/c1-17(2,12-16-9-3-4-10-16)11-13-5-7-14(15)8-6-13/h5-8H,3-4,9-12H2,1-2H3. The quantitative estimate of drug-likeness (QED) is 0.751. The van der Waals surface area contributed by atoms with E-state index in [2.05, 4.69) is 30.1 Å². The second-order valence-corrected chi connectivity index (χ2v) is 11.4. The number of likely N-dealkylation sites (tertiary alicyclic amines) is 1. The molecule has 0 unspecified atom stereocenters. The molecule has 1 heterocycles. The fraction of sp³-hybridized carbons (Fsp3) is 0.571. The molecule has 2 rings (SSSR count). The zero-order valence-electron chi connectivity index (χ0n) is 10.9. The van der Waals surface area contributed by atoms with E-state index in [1.54, 1.807) is 0 Å². The third kappa shape index (κ3) is 4.13. The highest BCUT2D eigenvalue weighted by Gasteiger charge is 2.25. The largest absolute Gasteiger partial charge is 0.306 e. The number of hydrogen-bond donors (Lipinski definition) is 0. The van der Waals surface area contributed by atoms with Gasteiger partial charge in [0.25, 0.3) is 0 Å². The summed E-state index contributed by atoms with van der Waals surface area (Å²) >= 11 is 5.92. The molecule has 1 fully saturated rings. The molecular formula is C14H22ClNSi. The molecule has 0 aliphatic carbocycles. The SMILES string of the molecule is C[Si](C)(Cc1ccc(Cl)cc1)CN1CCCC1. The molecule has 1 aromatic carbocycles. The number of nitrogens with zero attached hydrogens (tertiary/aromatic N) is 1. The van der Waals surface area contributed by atoms with Crippen molar-refractivity contribution in [2.24, 2.45) is 0 Å². The van der Waals surface area contributed by atoms with Crippen molar-refractivity contribution in [2.75, 3.05) is 19.3 Å². The lowest BCUT2D eigenvalue weighted by molar-refractivity contribution is 0.388. The van der Waals surface area contributed by atoms with Gasteiger partial charge in [-0.15, -0.1) is 0 Å². The molecule has 0 spiro atoms. The molecule has 17 heavy (non-hydrogen) atoms. The highest BCUT2D eigenvalue weighted by atomic mass is 35.5. The molecule has 0 N–H and O–H groups in total. The average molecular weight is 268 g/mol. The van der Waals surface area contributed by atoms with E-state index in [4.69, 9.17) is 11.6 Å². The Morgan fingerprint density at radius 3 is 2.29 bits per heavy atom. The van der Waals surface area contributed by atoms with Crippen LogP contribution in [0, 0.1) is 0 Å². The minimum atomic E-state index is -1.14. The molecule has 3 heteroatoms. The molecule has 0 bridgehead atoms. The van der Waals surface area contributed by atoms with Crippen LogP contribution in [0.2, 0.25) is 18.1 Å². The predicted molar refractivity (Wildman–Crippen MR) is 78.3 cm³/mol. The van der Waals surface area contributed by atoms with E-state index in [-0.39, 0.29) is 0 Å². The Kier molecular flexibility index (Phi) is 4.29. The van der Waals surface area contributed by atoms with Crippen LogP contribution in [0.3, 0.4) is 0 Å². The third-order valence-electron chi connectivity index (χ3n) is 3.45. The van der Waals surface area contributed by atoms with E-state index >= 15 is 0 Å². The van der Waals surface area contributed by atoms with Crippen LogP contribution >= 0.6 is 11.6 Å². The topological polar surface area (TPSA) is 3.24 Å². The van der Waals surface area contributed by atoms with Crippen LogP contribution < -0.4 is 0 Å². The summed E-state index contributed by atoms with van der Waals surface area (Å²) in [6.45, 7) is 7.63. The van der Waals surface area contributed by atoms with Gasteiger partial charge in [-0.2, -0.15) is 0 Å². The first-order chi connectivity index (χ1) is 8.05. The molecule has 0 radical (unpaired) electrons. The Morgan fingerprint density at radius 1 is 1.12 bits per heavy atom. The maximum Gasteiger partial charge on any atom is 0.0672 e. The van der Waals surface area contributed by atoms with E-state index in [1.165, 1.54) is 43.7 Å². The Morgan fingerprint density at radius 2 is 1.71 bits per heavy atom. The maximum atomic E-state index is 5.92. The Balaban J connectivity index is 1.93. The van der Waals surface area contributed by atoms with Gasteiger partial charge in [0, 0.05) is 5.02 Å². The molecule has 0 atom stereocenters. The summed E-state index contributed by atoms with van der Waals surface area (Å²) in [5.41, 5.74) is 1.45. The normalized spacial score (nSPS) is 17.6. The predicted octanol–water partition coefficient (Wildman–Crippen LogP) is 3.77. The van der Waals surface area contributed by atoms with Crippen molar-refractivity contribution in [1.29, 1.82) is 0 Å². The zero-order valence-corrected chi connectivity index (χ0v) is 12.6. The summed E-state index contributed by atoms with van der Waals surface area (Å²) in [5.74, 6) is 0. The minimum absolute atomic E-state index is 0.841. The van der Waals surface area contributed by atoms with E-state index in [0.717, 1.165) is 5.02 Å². The van der Waals surface area contributed by atoms with Crippen molar-refractivity contribution in [3.05, 3.63) is 34.9 Å². The lowest BCUT2D eigenvalue weighted by Gasteiger charge is -2.28. The summed E-state index contributed by atoms with van der Waals surface area (Å²) < 4.78 is 0. The Bertz CT molecular complexity index is 355. The average Bonchev–Trinajstić information content (AvgIpc) is 2.73. The molecule has 0 amide bonds. The summed E-state index contributed by atoms with van der Waals surface area (Å²) in [6, 6.07) is 9.65. The molecule has 1 nitrogen and oxygen atoms in total. The van der Waals surface area contributed by atoms with Crippen molar-refractivity contribution in [3.8, 4) is 0 Å². The number of benzene rings is 1. The van der Waals surface area contributed by atoms with Gasteiger partial charge in [0.1, 0.15) is 0 Å². The molecule has 0 saturated carbocycles. The molecular weight excluding hydrogens is 246 g/mol. The smallest absolute Gasteiger partial charge is 0.0672 e. The minimum Gasteiger partial charge on any atom is -0.306 e. The van der Waals surface area contributed by atoms with Gasteiger partial charge in [0.15, 0.2) is 0 Å². The second kappa shape index (κ2) is 5.55. The lowest BCUT2D eigenvalue weighted by Crippen LogP contribution is -2.43. The monoisotopic (exact) mass is 267 g/mol. The van der Waals surface area contributed by atoms with E-state index in [0.29, 0.717) is 0 Å². The van der Waals surface area contributed by atoms with Crippen molar-refractivity contribution >= 4 is 19.7 Å². The van der Waals surface area contributed by atoms with Crippen LogP contribution in [0.15, 0.2) is 24.3 Å². The van der Waals surface area contributed by atoms with Gasteiger partial charge in [-0.1, -0.05) is 42.4 Å². The molecule has 1 aromatic rings. The highest BCUT2D eigenvalue weighted by Crippen LogP contribution is 2.18. The molecule has 1 aliphatic heterocycles. The Hall–Kier alpha value is -0.313. The third-order valence-corrected chi connectivity index (χ3v) is 6.37. The lowest BCUT2D eigenvalue weighted by atomic mass is 10.2. The summed E-state index contributed by atoms with van der Waals surface area (Å²) in [7, 11) is -1.14. The van der Waals surface area contributed by atoms with Gasteiger partial charge < -0.3 is 4.90 Å². The van der Waals surface area contributed by atoms with Crippen LogP contribution in [-0.4, -0.2) is 32.2 Å². The van der Waals surface area contributed by atoms with Crippen molar-refractivity contribution in [1.82, 2.24) is 4.90 Å². The van der Waals surface area contributed by atoms with E-state index < -0.39 is 8.07 Å². The van der Waals surface area contributed by atoms with Gasteiger partial charge in [0.2, 0.25) is 0 Å². The summed E-state index contributed by atoms with van der Waals surface area (Å²) in [4.78, 5) is 2.65. The molecule has 0 aromatic heterocycles. The van der Waals surface area contributed by atoms with Gasteiger partial charge in [-0.25, -0.2) is 0 Å². The van der Waals surface area contributed by atoms with Gasteiger partial charge in [0.05, 0.1) is 8.07 Å². The maximum absolute atomic E-state index is 5.92. The van der Waals surface area contributed by atoms with Crippen molar-refractivity contribution in [2.45, 2.75) is 32.0 Å². The van der Waals surface area contributed by atoms with Crippen molar-refractivity contribution in [3.63, 3.8) is 0 Å². The second-order valence-electron chi connectivity index (χ2n) is 5.95. The van der Waals surface area contributed by atoms with Gasteiger partial charge >= 0.3 is 0 Å². The summed E-state index contributed by atoms with van der Waals surface area (Å²) in [6.07, 6.45) is 4.13. The molecule has 1 saturated heterocycles. The van der Waals surface area contributed by atoms with Crippen LogP contribution in [-0.2, 0) is 6.04 Å². The number of halogens is 1. The summed E-state index contributed by atoms with van der Waals surface area (Å²) in [5, 5.41) is 0.841. The zero-order chi connectivity index (χ0) is 12.3. The first-order valence-electron chi connectivity index (χ1n) is 6.52. The highest BCUT2D eigenvalue weighted by molar-refractivity contribution is 6.77. The van der Waals surface area contributed by atoms with Crippen molar-refractivity contribution < 1.29 is 0 Å². The van der Waals surface area contributed by atoms with Crippen LogP contribution in [0.4, 0.5) is 0 Å². The fourth-order valence-electron chi connectivity index (χ4n) is 2.76. The molecule has 1 aliphatic rings. The van der Waals surface area contributed by atoms with Crippen LogP contribution in [0.5, 0.6) is 0 Å². The van der Waals surface area contributed by atoms with Gasteiger partial charge in [-0.05, 0) is 50.3 Å². The Labute approximate surface area is 111 Å².